The minimum Gasteiger partial charge on any atom is -0.493 e. The summed E-state index contributed by atoms with van der Waals surface area (Å²) in [6, 6.07) is 4.79. The first-order valence-corrected chi connectivity index (χ1v) is 6.22. The number of aromatic nitrogens is 2. The molecular formula is C14H17N3O4. The quantitative estimate of drug-likeness (QED) is 0.661. The summed E-state index contributed by atoms with van der Waals surface area (Å²) in [5, 5.41) is 4.12. The molecule has 0 unspecified atom stereocenters. The van der Waals surface area contributed by atoms with Crippen LogP contribution in [0.3, 0.4) is 0 Å². The maximum Gasteiger partial charge on any atom is 0.340 e. The van der Waals surface area contributed by atoms with Gasteiger partial charge in [-0.2, -0.15) is 5.10 Å². The predicted octanol–water partition coefficient (Wildman–Crippen LogP) is 1.38. The standard InChI is InChI=1S/C14H17N3O4/c1-17-5-4-9(16-17)8-21-14(18)10-6-12(19-2)13(20-3)7-11(10)15/h4-7H,8,15H2,1-3H3. The third kappa shape index (κ3) is 3.25. The topological polar surface area (TPSA) is 88.6 Å². The van der Waals surface area contributed by atoms with Crippen LogP contribution in [0.1, 0.15) is 16.1 Å². The van der Waals surface area contributed by atoms with Crippen LogP contribution >= 0.6 is 0 Å². The van der Waals surface area contributed by atoms with E-state index in [9.17, 15) is 4.79 Å². The monoisotopic (exact) mass is 291 g/mol. The fourth-order valence-corrected chi connectivity index (χ4v) is 1.83. The summed E-state index contributed by atoms with van der Waals surface area (Å²) in [5.41, 5.74) is 6.98. The molecule has 0 spiro atoms. The number of benzene rings is 1. The molecule has 2 N–H and O–H groups in total. The highest BCUT2D eigenvalue weighted by atomic mass is 16.5. The maximum absolute atomic E-state index is 12.1. The Kier molecular flexibility index (Phi) is 4.32. The van der Waals surface area contributed by atoms with Crippen LogP contribution in [0.15, 0.2) is 24.4 Å². The van der Waals surface area contributed by atoms with Crippen LogP contribution in [-0.2, 0) is 18.4 Å². The van der Waals surface area contributed by atoms with Crippen LogP contribution < -0.4 is 15.2 Å². The van der Waals surface area contributed by atoms with Crippen molar-refractivity contribution in [3.05, 3.63) is 35.7 Å². The summed E-state index contributed by atoms with van der Waals surface area (Å²) in [7, 11) is 4.77. The molecule has 112 valence electrons. The highest BCUT2D eigenvalue weighted by Crippen LogP contribution is 2.32. The van der Waals surface area contributed by atoms with E-state index in [0.717, 1.165) is 0 Å². The van der Waals surface area contributed by atoms with Crippen molar-refractivity contribution < 1.29 is 19.0 Å². The van der Waals surface area contributed by atoms with Crippen molar-refractivity contribution >= 4 is 11.7 Å². The number of esters is 1. The molecule has 0 atom stereocenters. The third-order valence-electron chi connectivity index (χ3n) is 2.90. The molecule has 0 bridgehead atoms. The Morgan fingerprint density at radius 3 is 2.52 bits per heavy atom. The Hall–Kier alpha value is -2.70. The molecule has 1 aromatic heterocycles. The van der Waals surface area contributed by atoms with Crippen LogP contribution in [0.2, 0.25) is 0 Å². The van der Waals surface area contributed by atoms with Gasteiger partial charge in [0, 0.05) is 25.4 Å². The zero-order valence-corrected chi connectivity index (χ0v) is 12.1. The number of anilines is 1. The number of carbonyl (C=O) groups is 1. The van der Waals surface area contributed by atoms with Gasteiger partial charge in [-0.05, 0) is 6.07 Å². The van der Waals surface area contributed by atoms with E-state index in [1.54, 1.807) is 24.0 Å². The fraction of sp³-hybridized carbons (Fsp3) is 0.286. The van der Waals surface area contributed by atoms with Crippen molar-refractivity contribution in [1.29, 1.82) is 0 Å². The van der Waals surface area contributed by atoms with Gasteiger partial charge in [0.05, 0.1) is 31.2 Å². The zero-order valence-electron chi connectivity index (χ0n) is 12.1. The van der Waals surface area contributed by atoms with Gasteiger partial charge in [-0.3, -0.25) is 4.68 Å². The van der Waals surface area contributed by atoms with Crippen LogP contribution in [0, 0.1) is 0 Å². The normalized spacial score (nSPS) is 10.2. The summed E-state index contributed by atoms with van der Waals surface area (Å²) >= 11 is 0. The first kappa shape index (κ1) is 14.7. The highest BCUT2D eigenvalue weighted by Gasteiger charge is 2.16. The van der Waals surface area contributed by atoms with E-state index in [4.69, 9.17) is 19.9 Å². The molecule has 0 saturated heterocycles. The minimum absolute atomic E-state index is 0.0768. The second kappa shape index (κ2) is 6.17. The number of nitrogens with two attached hydrogens (primary N) is 1. The van der Waals surface area contributed by atoms with E-state index >= 15 is 0 Å². The van der Waals surface area contributed by atoms with Crippen LogP contribution in [0.5, 0.6) is 11.5 Å². The number of methoxy groups -OCH3 is 2. The minimum atomic E-state index is -0.542. The Balaban J connectivity index is 2.15. The van der Waals surface area contributed by atoms with Gasteiger partial charge < -0.3 is 19.9 Å². The SMILES string of the molecule is COc1cc(N)c(C(=O)OCc2ccn(C)n2)cc1OC. The summed E-state index contributed by atoms with van der Waals surface area (Å²) in [6.45, 7) is 0.0768. The fourth-order valence-electron chi connectivity index (χ4n) is 1.83. The molecular weight excluding hydrogens is 274 g/mol. The van der Waals surface area contributed by atoms with E-state index < -0.39 is 5.97 Å². The van der Waals surface area contributed by atoms with Crippen molar-refractivity contribution in [1.82, 2.24) is 9.78 Å². The molecule has 2 rings (SSSR count). The van der Waals surface area contributed by atoms with Gasteiger partial charge in [0.1, 0.15) is 6.61 Å². The lowest BCUT2D eigenvalue weighted by Crippen LogP contribution is -2.09. The number of ether oxygens (including phenoxy) is 3. The number of carbonyl (C=O) groups excluding carboxylic acids is 1. The summed E-state index contributed by atoms with van der Waals surface area (Å²) in [6.07, 6.45) is 1.77. The zero-order chi connectivity index (χ0) is 15.4. The average Bonchev–Trinajstić information content (AvgIpc) is 2.90. The van der Waals surface area contributed by atoms with Crippen molar-refractivity contribution in [3.8, 4) is 11.5 Å². The Morgan fingerprint density at radius 2 is 1.95 bits per heavy atom. The summed E-state index contributed by atoms with van der Waals surface area (Å²) in [5.74, 6) is 0.326. The largest absolute Gasteiger partial charge is 0.493 e. The van der Waals surface area contributed by atoms with Crippen molar-refractivity contribution in [2.75, 3.05) is 20.0 Å². The second-order valence-corrected chi connectivity index (χ2v) is 4.35. The Morgan fingerprint density at radius 1 is 1.29 bits per heavy atom. The summed E-state index contributed by atoms with van der Waals surface area (Å²) in [4.78, 5) is 12.1. The lowest BCUT2D eigenvalue weighted by Gasteiger charge is -2.11. The van der Waals surface area contributed by atoms with E-state index in [2.05, 4.69) is 5.10 Å². The molecule has 0 amide bonds. The van der Waals surface area contributed by atoms with Crippen molar-refractivity contribution in [2.45, 2.75) is 6.61 Å². The molecule has 7 heteroatoms. The first-order valence-electron chi connectivity index (χ1n) is 6.22. The van der Waals surface area contributed by atoms with Gasteiger partial charge in [0.25, 0.3) is 0 Å². The van der Waals surface area contributed by atoms with Crippen LogP contribution in [0.25, 0.3) is 0 Å². The molecule has 1 aromatic carbocycles. The number of nitrogens with zero attached hydrogens (tertiary/aromatic N) is 2. The van der Waals surface area contributed by atoms with Gasteiger partial charge in [-0.25, -0.2) is 4.79 Å². The molecule has 7 nitrogen and oxygen atoms in total. The number of hydrogen-bond acceptors (Lipinski definition) is 6. The molecule has 0 aliphatic heterocycles. The van der Waals surface area contributed by atoms with Gasteiger partial charge >= 0.3 is 5.97 Å². The maximum atomic E-state index is 12.1. The van der Waals surface area contributed by atoms with Crippen molar-refractivity contribution in [3.63, 3.8) is 0 Å². The lowest BCUT2D eigenvalue weighted by atomic mass is 10.1. The van der Waals surface area contributed by atoms with Gasteiger partial charge in [0.15, 0.2) is 11.5 Å². The summed E-state index contributed by atoms with van der Waals surface area (Å²) < 4.78 is 17.1. The number of aryl methyl sites for hydroxylation is 1. The lowest BCUT2D eigenvalue weighted by molar-refractivity contribution is 0.0468. The third-order valence-corrected chi connectivity index (χ3v) is 2.90. The molecule has 1 heterocycles. The van der Waals surface area contributed by atoms with Crippen LogP contribution in [-0.4, -0.2) is 30.0 Å². The smallest absolute Gasteiger partial charge is 0.340 e. The van der Waals surface area contributed by atoms with E-state index in [1.807, 2.05) is 0 Å². The molecule has 0 saturated carbocycles. The van der Waals surface area contributed by atoms with E-state index in [0.29, 0.717) is 17.2 Å². The molecule has 0 aliphatic carbocycles. The molecule has 2 aromatic rings. The van der Waals surface area contributed by atoms with Gasteiger partial charge in [-0.1, -0.05) is 0 Å². The van der Waals surface area contributed by atoms with Gasteiger partial charge in [-0.15, -0.1) is 0 Å². The van der Waals surface area contributed by atoms with E-state index in [-0.39, 0.29) is 17.9 Å². The Labute approximate surface area is 122 Å². The average molecular weight is 291 g/mol. The van der Waals surface area contributed by atoms with E-state index in [1.165, 1.54) is 26.4 Å². The number of nitrogen functional groups attached to an aromatic ring is 1. The second-order valence-electron chi connectivity index (χ2n) is 4.35. The number of rotatable bonds is 5. The molecule has 0 radical (unpaired) electrons. The molecule has 0 fully saturated rings. The highest BCUT2D eigenvalue weighted by molar-refractivity contribution is 5.96. The molecule has 0 aliphatic rings. The van der Waals surface area contributed by atoms with Crippen molar-refractivity contribution in [2.24, 2.45) is 7.05 Å². The van der Waals surface area contributed by atoms with Crippen LogP contribution in [0.4, 0.5) is 5.69 Å². The Bertz CT molecular complexity index is 652. The first-order chi connectivity index (χ1) is 10.0. The molecule has 21 heavy (non-hydrogen) atoms. The number of hydrogen-bond donors (Lipinski definition) is 1. The van der Waals surface area contributed by atoms with Gasteiger partial charge in [0.2, 0.25) is 0 Å². The predicted molar refractivity (Wildman–Crippen MR) is 76.3 cm³/mol.